The average molecular weight is 338 g/mol. The molecule has 0 heterocycles. The molecule has 145 valence electrons. The van der Waals surface area contributed by atoms with Crippen molar-refractivity contribution >= 4 is 0 Å². The van der Waals surface area contributed by atoms with Gasteiger partial charge in [-0.3, -0.25) is 0 Å². The third kappa shape index (κ3) is 10.8. The highest BCUT2D eigenvalue weighted by Crippen LogP contribution is 2.39. The Balaban J connectivity index is 4.37. The van der Waals surface area contributed by atoms with Crippen molar-refractivity contribution in [3.8, 4) is 0 Å². The molecular formula is C24H49. The first-order chi connectivity index (χ1) is 11.4. The monoisotopic (exact) mass is 337 g/mol. The highest BCUT2D eigenvalue weighted by atomic mass is 14.3. The lowest BCUT2D eigenvalue weighted by molar-refractivity contribution is 0.209. The lowest BCUT2D eigenvalue weighted by Crippen LogP contribution is -2.22. The van der Waals surface area contributed by atoms with Gasteiger partial charge in [-0.1, -0.05) is 106 Å². The first-order valence-corrected chi connectivity index (χ1v) is 11.3. The van der Waals surface area contributed by atoms with E-state index in [2.05, 4.69) is 41.5 Å². The number of hydrogen-bond donors (Lipinski definition) is 0. The van der Waals surface area contributed by atoms with E-state index in [1.165, 1.54) is 83.5 Å². The van der Waals surface area contributed by atoms with Crippen LogP contribution in [0, 0.1) is 30.1 Å². The van der Waals surface area contributed by atoms with E-state index < -0.39 is 0 Å². The summed E-state index contributed by atoms with van der Waals surface area (Å²) in [7, 11) is 0. The molecule has 0 rings (SSSR count). The van der Waals surface area contributed by atoms with Gasteiger partial charge in [0, 0.05) is 0 Å². The molecule has 4 unspecified atom stereocenters. The van der Waals surface area contributed by atoms with Crippen molar-refractivity contribution in [1.29, 1.82) is 0 Å². The van der Waals surface area contributed by atoms with E-state index in [0.29, 0.717) is 5.41 Å². The van der Waals surface area contributed by atoms with Crippen molar-refractivity contribution in [1.82, 2.24) is 0 Å². The van der Waals surface area contributed by atoms with Gasteiger partial charge in [-0.2, -0.15) is 0 Å². The number of rotatable bonds is 16. The normalized spacial score (nSPS) is 18.1. The molecule has 24 heavy (non-hydrogen) atoms. The molecule has 0 aromatic rings. The van der Waals surface area contributed by atoms with Gasteiger partial charge in [0.05, 0.1) is 0 Å². The molecular weight excluding hydrogens is 288 g/mol. The minimum Gasteiger partial charge on any atom is -0.0654 e. The van der Waals surface area contributed by atoms with Crippen LogP contribution in [0.1, 0.15) is 125 Å². The van der Waals surface area contributed by atoms with Gasteiger partial charge in [0.25, 0.3) is 0 Å². The van der Waals surface area contributed by atoms with E-state index in [1.54, 1.807) is 0 Å². The Morgan fingerprint density at radius 2 is 1.33 bits per heavy atom. The first-order valence-electron chi connectivity index (χ1n) is 11.3. The maximum atomic E-state index is 4.70. The van der Waals surface area contributed by atoms with E-state index >= 15 is 0 Å². The topological polar surface area (TPSA) is 0 Å². The van der Waals surface area contributed by atoms with Crippen molar-refractivity contribution in [3.63, 3.8) is 0 Å². The molecule has 0 aromatic heterocycles. The standard InChI is InChI=1S/C24H49/c1-8-13-15-22(10-3)19-21(6)17-18-24(7,12-5)20-23(11-4)16-14-9-2/h21-23H,7-20H2,1-6H3. The van der Waals surface area contributed by atoms with Gasteiger partial charge in [0.15, 0.2) is 0 Å². The zero-order valence-corrected chi connectivity index (χ0v) is 18.1. The van der Waals surface area contributed by atoms with Crippen molar-refractivity contribution in [2.75, 3.05) is 0 Å². The van der Waals surface area contributed by atoms with Crippen LogP contribution in [0.15, 0.2) is 0 Å². The third-order valence-corrected chi connectivity index (χ3v) is 6.46. The molecule has 0 heteroatoms. The summed E-state index contributed by atoms with van der Waals surface area (Å²) in [5.41, 5.74) is 0.327. The van der Waals surface area contributed by atoms with E-state index in [1.807, 2.05) is 0 Å². The second-order valence-electron chi connectivity index (χ2n) is 8.77. The third-order valence-electron chi connectivity index (χ3n) is 6.46. The molecule has 0 nitrogen and oxygen atoms in total. The van der Waals surface area contributed by atoms with Gasteiger partial charge < -0.3 is 0 Å². The fraction of sp³-hybridized carbons (Fsp3) is 0.958. The van der Waals surface area contributed by atoms with E-state index in [4.69, 9.17) is 6.92 Å². The predicted molar refractivity (Wildman–Crippen MR) is 112 cm³/mol. The maximum absolute atomic E-state index is 4.70. The van der Waals surface area contributed by atoms with Crippen LogP contribution >= 0.6 is 0 Å². The zero-order chi connectivity index (χ0) is 18.4. The fourth-order valence-corrected chi connectivity index (χ4v) is 4.20. The first kappa shape index (κ1) is 24.0. The largest absolute Gasteiger partial charge is 0.0654 e. The zero-order valence-electron chi connectivity index (χ0n) is 18.1. The van der Waals surface area contributed by atoms with E-state index in [0.717, 1.165) is 17.8 Å². The molecule has 0 aliphatic rings. The van der Waals surface area contributed by atoms with E-state index in [9.17, 15) is 0 Å². The second kappa shape index (κ2) is 14.2. The summed E-state index contributed by atoms with van der Waals surface area (Å²) in [5.74, 6) is 2.72. The lowest BCUT2D eigenvalue weighted by atomic mass is 9.72. The Labute approximate surface area is 155 Å². The van der Waals surface area contributed by atoms with Crippen molar-refractivity contribution in [2.24, 2.45) is 23.2 Å². The highest BCUT2D eigenvalue weighted by Gasteiger charge is 2.26. The van der Waals surface area contributed by atoms with Crippen molar-refractivity contribution < 1.29 is 0 Å². The summed E-state index contributed by atoms with van der Waals surface area (Å²) in [4.78, 5) is 0. The van der Waals surface area contributed by atoms with Crippen molar-refractivity contribution in [2.45, 2.75) is 125 Å². The molecule has 0 N–H and O–H groups in total. The molecule has 0 fully saturated rings. The molecule has 0 aliphatic heterocycles. The lowest BCUT2D eigenvalue weighted by Gasteiger charge is -2.33. The quantitative estimate of drug-likeness (QED) is 0.264. The molecule has 0 amide bonds. The number of unbranched alkanes of at least 4 members (excludes halogenated alkanes) is 2. The summed E-state index contributed by atoms with van der Waals surface area (Å²) < 4.78 is 0. The molecule has 4 atom stereocenters. The number of hydrogen-bond acceptors (Lipinski definition) is 0. The van der Waals surface area contributed by atoms with Crippen LogP contribution in [0.25, 0.3) is 0 Å². The summed E-state index contributed by atoms with van der Waals surface area (Å²) >= 11 is 0. The van der Waals surface area contributed by atoms with Crippen LogP contribution in [0.2, 0.25) is 0 Å². The van der Waals surface area contributed by atoms with Crippen molar-refractivity contribution in [3.05, 3.63) is 6.92 Å². The SMILES string of the molecule is [CH2]C(CC)(CCC(C)CC(CC)CCCC)CC(CC)CCCC. The van der Waals surface area contributed by atoms with Gasteiger partial charge in [-0.05, 0) is 49.4 Å². The molecule has 1 radical (unpaired) electrons. The van der Waals surface area contributed by atoms with Gasteiger partial charge in [-0.25, -0.2) is 0 Å². The van der Waals surface area contributed by atoms with Gasteiger partial charge in [0.1, 0.15) is 0 Å². The molecule has 0 spiro atoms. The fourth-order valence-electron chi connectivity index (χ4n) is 4.20. The molecule has 0 aromatic carbocycles. The summed E-state index contributed by atoms with van der Waals surface area (Å²) in [5, 5.41) is 0. The van der Waals surface area contributed by atoms with Crippen LogP contribution in [0.5, 0.6) is 0 Å². The van der Waals surface area contributed by atoms with Gasteiger partial charge >= 0.3 is 0 Å². The predicted octanol–water partition coefficient (Wildman–Crippen LogP) is 8.85. The Hall–Kier alpha value is 0. The Kier molecular flexibility index (Phi) is 14.2. The summed E-state index contributed by atoms with van der Waals surface area (Å²) in [6, 6.07) is 0. The van der Waals surface area contributed by atoms with E-state index in [-0.39, 0.29) is 0 Å². The average Bonchev–Trinajstić information content (AvgIpc) is 2.60. The second-order valence-corrected chi connectivity index (χ2v) is 8.77. The molecule has 0 saturated heterocycles. The maximum Gasteiger partial charge on any atom is -0.0297 e. The Bertz CT molecular complexity index is 269. The minimum absolute atomic E-state index is 0.327. The minimum atomic E-state index is 0.327. The summed E-state index contributed by atoms with van der Waals surface area (Å²) in [6.45, 7) is 18.9. The molecule has 0 bridgehead atoms. The highest BCUT2D eigenvalue weighted by molar-refractivity contribution is 4.84. The molecule has 0 saturated carbocycles. The van der Waals surface area contributed by atoms with Crippen LogP contribution in [0.4, 0.5) is 0 Å². The molecule has 0 aliphatic carbocycles. The summed E-state index contributed by atoms with van der Waals surface area (Å²) in [6.07, 6.45) is 17.8. The van der Waals surface area contributed by atoms with Crippen LogP contribution < -0.4 is 0 Å². The van der Waals surface area contributed by atoms with Gasteiger partial charge in [0.2, 0.25) is 0 Å². The van der Waals surface area contributed by atoms with Crippen LogP contribution in [-0.2, 0) is 0 Å². The smallest absolute Gasteiger partial charge is 0.0297 e. The Morgan fingerprint density at radius 3 is 1.79 bits per heavy atom. The van der Waals surface area contributed by atoms with Crippen LogP contribution in [-0.4, -0.2) is 0 Å². The van der Waals surface area contributed by atoms with Crippen LogP contribution in [0.3, 0.4) is 0 Å². The Morgan fingerprint density at radius 1 is 0.792 bits per heavy atom. The van der Waals surface area contributed by atoms with Gasteiger partial charge in [-0.15, -0.1) is 0 Å².